The topological polar surface area (TPSA) is 81.4 Å². The molecule has 0 heterocycles. The van der Waals surface area contributed by atoms with Gasteiger partial charge in [0, 0.05) is 12.0 Å². The van der Waals surface area contributed by atoms with Crippen molar-refractivity contribution in [2.24, 2.45) is 11.7 Å². The number of amides is 1. The first-order chi connectivity index (χ1) is 7.63. The Balaban J connectivity index is 2.26. The van der Waals surface area contributed by atoms with Crippen molar-refractivity contribution in [2.75, 3.05) is 13.2 Å². The van der Waals surface area contributed by atoms with Gasteiger partial charge in [-0.2, -0.15) is 0 Å². The van der Waals surface area contributed by atoms with E-state index in [9.17, 15) is 9.59 Å². The highest BCUT2D eigenvalue weighted by atomic mass is 16.5. The molecule has 1 aliphatic rings. The van der Waals surface area contributed by atoms with E-state index < -0.39 is 5.97 Å². The highest BCUT2D eigenvalue weighted by molar-refractivity contribution is 5.83. The fourth-order valence-corrected chi connectivity index (χ4v) is 1.98. The Morgan fingerprint density at radius 2 is 2.19 bits per heavy atom. The van der Waals surface area contributed by atoms with Crippen molar-refractivity contribution >= 4 is 11.9 Å². The standard InChI is InChI=1S/C11H20N2O3/c1-2-16-10(14)7-13-11(15)8-4-3-5-9(12)6-8/h8-9H,2-7,12H2,1H3,(H,13,15). The number of esters is 1. The zero-order valence-electron chi connectivity index (χ0n) is 9.70. The molecular weight excluding hydrogens is 208 g/mol. The van der Waals surface area contributed by atoms with E-state index in [-0.39, 0.29) is 24.4 Å². The molecule has 0 spiro atoms. The second kappa shape index (κ2) is 6.48. The number of hydrogen-bond donors (Lipinski definition) is 2. The van der Waals surface area contributed by atoms with E-state index in [1.165, 1.54) is 0 Å². The molecule has 0 aliphatic heterocycles. The summed E-state index contributed by atoms with van der Waals surface area (Å²) >= 11 is 0. The molecule has 2 atom stereocenters. The number of hydrogen-bond acceptors (Lipinski definition) is 4. The number of rotatable bonds is 4. The summed E-state index contributed by atoms with van der Waals surface area (Å²) in [6.45, 7) is 2.03. The molecule has 1 rings (SSSR count). The van der Waals surface area contributed by atoms with Crippen molar-refractivity contribution in [2.45, 2.75) is 38.6 Å². The Hall–Kier alpha value is -1.10. The summed E-state index contributed by atoms with van der Waals surface area (Å²) in [4.78, 5) is 22.7. The van der Waals surface area contributed by atoms with E-state index in [1.54, 1.807) is 6.92 Å². The maximum atomic E-state index is 11.7. The molecule has 92 valence electrons. The van der Waals surface area contributed by atoms with Crippen molar-refractivity contribution in [1.82, 2.24) is 5.32 Å². The van der Waals surface area contributed by atoms with Gasteiger partial charge < -0.3 is 15.8 Å². The molecule has 0 bridgehead atoms. The van der Waals surface area contributed by atoms with Crippen LogP contribution in [0.3, 0.4) is 0 Å². The molecule has 0 radical (unpaired) electrons. The molecule has 1 fully saturated rings. The van der Waals surface area contributed by atoms with Gasteiger partial charge in [0.25, 0.3) is 0 Å². The minimum atomic E-state index is -0.393. The van der Waals surface area contributed by atoms with E-state index in [0.29, 0.717) is 13.0 Å². The van der Waals surface area contributed by atoms with Crippen LogP contribution < -0.4 is 11.1 Å². The number of nitrogens with two attached hydrogens (primary N) is 1. The van der Waals surface area contributed by atoms with Crippen LogP contribution in [-0.2, 0) is 14.3 Å². The third-order valence-corrected chi connectivity index (χ3v) is 2.80. The van der Waals surface area contributed by atoms with Gasteiger partial charge in [-0.15, -0.1) is 0 Å². The molecule has 0 aromatic carbocycles. The van der Waals surface area contributed by atoms with Crippen LogP contribution in [0.15, 0.2) is 0 Å². The van der Waals surface area contributed by atoms with Gasteiger partial charge in [-0.05, 0) is 26.2 Å². The second-order valence-corrected chi connectivity index (χ2v) is 4.15. The first kappa shape index (κ1) is 13.0. The zero-order chi connectivity index (χ0) is 12.0. The highest BCUT2D eigenvalue weighted by Gasteiger charge is 2.25. The fraction of sp³-hybridized carbons (Fsp3) is 0.818. The van der Waals surface area contributed by atoms with E-state index in [1.807, 2.05) is 0 Å². The van der Waals surface area contributed by atoms with E-state index in [4.69, 9.17) is 10.5 Å². The third-order valence-electron chi connectivity index (χ3n) is 2.80. The molecule has 3 N–H and O–H groups in total. The predicted molar refractivity (Wildman–Crippen MR) is 59.6 cm³/mol. The molecular formula is C11H20N2O3. The fourth-order valence-electron chi connectivity index (χ4n) is 1.98. The first-order valence-corrected chi connectivity index (χ1v) is 5.82. The first-order valence-electron chi connectivity index (χ1n) is 5.82. The predicted octanol–water partition coefficient (Wildman–Crippen LogP) is 0.183. The second-order valence-electron chi connectivity index (χ2n) is 4.15. The highest BCUT2D eigenvalue weighted by Crippen LogP contribution is 2.22. The van der Waals surface area contributed by atoms with Crippen molar-refractivity contribution in [3.05, 3.63) is 0 Å². The molecule has 1 aliphatic carbocycles. The summed E-state index contributed by atoms with van der Waals surface area (Å²) in [5, 5.41) is 2.59. The van der Waals surface area contributed by atoms with Crippen molar-refractivity contribution < 1.29 is 14.3 Å². The smallest absolute Gasteiger partial charge is 0.325 e. The molecule has 1 saturated carbocycles. The summed E-state index contributed by atoms with van der Waals surface area (Å²) in [5.74, 6) is -0.516. The van der Waals surface area contributed by atoms with Crippen molar-refractivity contribution in [3.8, 4) is 0 Å². The molecule has 0 aromatic rings. The summed E-state index contributed by atoms with van der Waals surface area (Å²) in [6, 6.07) is 0.118. The number of carbonyl (C=O) groups excluding carboxylic acids is 2. The molecule has 16 heavy (non-hydrogen) atoms. The van der Waals surface area contributed by atoms with E-state index in [2.05, 4.69) is 5.32 Å². The number of ether oxygens (including phenoxy) is 1. The van der Waals surface area contributed by atoms with Crippen LogP contribution in [0.25, 0.3) is 0 Å². The molecule has 2 unspecified atom stereocenters. The molecule has 0 saturated heterocycles. The van der Waals surface area contributed by atoms with Crippen LogP contribution in [0.1, 0.15) is 32.6 Å². The lowest BCUT2D eigenvalue weighted by Crippen LogP contribution is -2.40. The lowest BCUT2D eigenvalue weighted by atomic mass is 9.85. The van der Waals surface area contributed by atoms with Crippen LogP contribution in [0.4, 0.5) is 0 Å². The summed E-state index contributed by atoms with van der Waals surface area (Å²) in [6.07, 6.45) is 3.55. The monoisotopic (exact) mass is 228 g/mol. The van der Waals surface area contributed by atoms with Crippen LogP contribution in [0, 0.1) is 5.92 Å². The normalized spacial score (nSPS) is 24.9. The van der Waals surface area contributed by atoms with Crippen molar-refractivity contribution in [3.63, 3.8) is 0 Å². The minimum absolute atomic E-state index is 0.0432. The van der Waals surface area contributed by atoms with Crippen molar-refractivity contribution in [1.29, 1.82) is 0 Å². The van der Waals surface area contributed by atoms with E-state index in [0.717, 1.165) is 19.3 Å². The Bertz CT molecular complexity index is 256. The number of nitrogens with one attached hydrogen (secondary N) is 1. The number of carbonyl (C=O) groups is 2. The lowest BCUT2D eigenvalue weighted by molar-refractivity contribution is -0.144. The molecule has 5 heteroatoms. The summed E-state index contributed by atoms with van der Waals surface area (Å²) < 4.78 is 4.72. The van der Waals surface area contributed by atoms with Crippen LogP contribution in [0.5, 0.6) is 0 Å². The largest absolute Gasteiger partial charge is 0.465 e. The van der Waals surface area contributed by atoms with Gasteiger partial charge in [-0.25, -0.2) is 0 Å². The summed E-state index contributed by atoms with van der Waals surface area (Å²) in [7, 11) is 0. The quantitative estimate of drug-likeness (QED) is 0.673. The van der Waals surface area contributed by atoms with Crippen LogP contribution >= 0.6 is 0 Å². The minimum Gasteiger partial charge on any atom is -0.465 e. The van der Waals surface area contributed by atoms with E-state index >= 15 is 0 Å². The summed E-state index contributed by atoms with van der Waals surface area (Å²) in [5.41, 5.74) is 5.79. The molecule has 0 aromatic heterocycles. The Morgan fingerprint density at radius 1 is 1.44 bits per heavy atom. The van der Waals surface area contributed by atoms with Gasteiger partial charge in [0.15, 0.2) is 0 Å². The van der Waals surface area contributed by atoms with Gasteiger partial charge in [0.2, 0.25) is 5.91 Å². The lowest BCUT2D eigenvalue weighted by Gasteiger charge is -2.25. The van der Waals surface area contributed by atoms with Gasteiger partial charge in [0.1, 0.15) is 6.54 Å². The van der Waals surface area contributed by atoms with Crippen LogP contribution in [-0.4, -0.2) is 31.1 Å². The maximum absolute atomic E-state index is 11.7. The SMILES string of the molecule is CCOC(=O)CNC(=O)C1CCCC(N)C1. The average Bonchev–Trinajstić information content (AvgIpc) is 2.26. The molecule has 1 amide bonds. The Kier molecular flexibility index (Phi) is 5.25. The van der Waals surface area contributed by atoms with Gasteiger partial charge in [-0.3, -0.25) is 9.59 Å². The maximum Gasteiger partial charge on any atom is 0.325 e. The Labute approximate surface area is 95.7 Å². The van der Waals surface area contributed by atoms with Gasteiger partial charge in [0.05, 0.1) is 6.61 Å². The van der Waals surface area contributed by atoms with Gasteiger partial charge in [-0.1, -0.05) is 6.42 Å². The van der Waals surface area contributed by atoms with Crippen LogP contribution in [0.2, 0.25) is 0 Å². The molecule has 5 nitrogen and oxygen atoms in total. The Morgan fingerprint density at radius 3 is 2.81 bits per heavy atom. The zero-order valence-corrected chi connectivity index (χ0v) is 9.70. The van der Waals surface area contributed by atoms with Gasteiger partial charge >= 0.3 is 5.97 Å². The third kappa shape index (κ3) is 4.18. The average molecular weight is 228 g/mol.